The van der Waals surface area contributed by atoms with Gasteiger partial charge in [-0.25, -0.2) is 0 Å². The first-order valence-corrected chi connectivity index (χ1v) is 9.19. The summed E-state index contributed by atoms with van der Waals surface area (Å²) in [4.78, 5) is 2.04. The molecule has 5 nitrogen and oxygen atoms in total. The van der Waals surface area contributed by atoms with Crippen molar-refractivity contribution in [1.29, 1.82) is 0 Å². The molecule has 0 heterocycles. The third-order valence-corrected chi connectivity index (χ3v) is 11.5. The number of aliphatic hydroxyl groups is 1. The first-order valence-electron chi connectivity index (χ1n) is 5.99. The summed E-state index contributed by atoms with van der Waals surface area (Å²) in [5.74, 6) is 0. The standard InChI is InChI=1S/C5H12NO.3C2H6N.Ti/c1-5(7)4-6(2)3;3*1-3-2;/h5,7H,1,4H2,2-3H3;3*1-2H3;/q;3*-1;+3. The molecule has 0 fully saturated rings. The van der Waals surface area contributed by atoms with Gasteiger partial charge in [-0.1, -0.05) is 0 Å². The predicted octanol–water partition coefficient (Wildman–Crippen LogP) is -0.0891. The summed E-state index contributed by atoms with van der Waals surface area (Å²) in [5.41, 5.74) is 0. The number of likely N-dealkylation sites (N-methyl/N-ethyl adjacent to an activating group) is 1. The number of hydrogen-bond donors (Lipinski definition) is 1. The van der Waals surface area contributed by atoms with Gasteiger partial charge in [-0.15, -0.1) is 0 Å². The molecule has 17 heavy (non-hydrogen) atoms. The molecule has 0 aromatic carbocycles. The fourth-order valence-electron chi connectivity index (χ4n) is 2.55. The van der Waals surface area contributed by atoms with Gasteiger partial charge >= 0.3 is 111 Å². The van der Waals surface area contributed by atoms with E-state index in [2.05, 4.69) is 52.4 Å². The summed E-state index contributed by atoms with van der Waals surface area (Å²) in [5, 5.41) is 10.2. The van der Waals surface area contributed by atoms with Crippen molar-refractivity contribution < 1.29 is 22.5 Å². The Hall–Kier alpha value is 0.514. The van der Waals surface area contributed by atoms with Crippen LogP contribution < -0.4 is 0 Å². The van der Waals surface area contributed by atoms with E-state index < -0.39 is 17.4 Å². The Morgan fingerprint density at radius 1 is 0.824 bits per heavy atom. The fraction of sp³-hybridized carbons (Fsp3) is 1.00. The van der Waals surface area contributed by atoms with Crippen LogP contribution in [-0.2, 0) is 17.4 Å². The molecule has 6 heteroatoms. The molecule has 0 saturated heterocycles. The summed E-state index contributed by atoms with van der Waals surface area (Å²) < 4.78 is 7.86. The van der Waals surface area contributed by atoms with Crippen LogP contribution in [-0.4, -0.2) is 89.2 Å². The quantitative estimate of drug-likeness (QED) is 0.660. The molecule has 0 aromatic heterocycles. The molecule has 0 radical (unpaired) electrons. The molecule has 0 rings (SSSR count). The predicted molar refractivity (Wildman–Crippen MR) is 70.4 cm³/mol. The summed E-state index contributed by atoms with van der Waals surface area (Å²) >= 11 is -2.52. The monoisotopic (exact) mass is 282 g/mol. The van der Waals surface area contributed by atoms with E-state index in [0.717, 1.165) is 11.3 Å². The minimum atomic E-state index is -2.52. The van der Waals surface area contributed by atoms with Crippen molar-refractivity contribution >= 4 is 0 Å². The second kappa shape index (κ2) is 7.19. The summed E-state index contributed by atoms with van der Waals surface area (Å²) in [6, 6.07) is 0. The van der Waals surface area contributed by atoms with Crippen LogP contribution in [0.15, 0.2) is 0 Å². The van der Waals surface area contributed by atoms with Gasteiger partial charge < -0.3 is 0 Å². The van der Waals surface area contributed by atoms with E-state index >= 15 is 0 Å². The molecule has 0 aliphatic heterocycles. The second-order valence-electron chi connectivity index (χ2n) is 5.58. The van der Waals surface area contributed by atoms with Crippen LogP contribution in [0.2, 0.25) is 4.73 Å². The average molecular weight is 282 g/mol. The number of rotatable bonds is 7. The van der Waals surface area contributed by atoms with Crippen molar-refractivity contribution in [2.75, 3.05) is 62.9 Å². The van der Waals surface area contributed by atoms with E-state index in [-0.39, 0.29) is 6.10 Å². The molecular weight excluding hydrogens is 252 g/mol. The Morgan fingerprint density at radius 3 is 1.41 bits per heavy atom. The first kappa shape index (κ1) is 17.5. The number of nitrogens with zero attached hydrogens (tertiary/aromatic N) is 4. The first-order chi connectivity index (χ1) is 7.64. The van der Waals surface area contributed by atoms with Gasteiger partial charge in [-0.2, -0.15) is 0 Å². The molecule has 0 aliphatic carbocycles. The van der Waals surface area contributed by atoms with Gasteiger partial charge in [0.25, 0.3) is 0 Å². The molecular formula is C11H30N4OTi. The summed E-state index contributed by atoms with van der Waals surface area (Å²) in [7, 11) is 16.8. The minimum absolute atomic E-state index is 0.266. The Labute approximate surface area is 111 Å². The van der Waals surface area contributed by atoms with Crippen LogP contribution in [0, 0.1) is 0 Å². The summed E-state index contributed by atoms with van der Waals surface area (Å²) in [6.07, 6.45) is -0.266. The Bertz CT molecular complexity index is 200. The van der Waals surface area contributed by atoms with E-state index in [4.69, 9.17) is 0 Å². The van der Waals surface area contributed by atoms with Crippen LogP contribution in [0.3, 0.4) is 0 Å². The summed E-state index contributed by atoms with van der Waals surface area (Å²) in [6.45, 7) is 0.725. The zero-order valence-corrected chi connectivity index (χ0v) is 14.3. The Morgan fingerprint density at radius 2 is 1.18 bits per heavy atom. The fourth-order valence-corrected chi connectivity index (χ4v) is 9.20. The molecule has 104 valence electrons. The van der Waals surface area contributed by atoms with Gasteiger partial charge in [0.1, 0.15) is 0 Å². The maximum absolute atomic E-state index is 10.2. The van der Waals surface area contributed by atoms with Gasteiger partial charge in [0.15, 0.2) is 0 Å². The van der Waals surface area contributed by atoms with Crippen molar-refractivity contribution in [2.24, 2.45) is 0 Å². The normalized spacial score (nSPS) is 15.4. The third kappa shape index (κ3) is 4.60. The zero-order chi connectivity index (χ0) is 13.8. The molecule has 1 unspecified atom stereocenters. The molecule has 0 saturated carbocycles. The van der Waals surface area contributed by atoms with E-state index in [9.17, 15) is 5.11 Å². The van der Waals surface area contributed by atoms with Crippen molar-refractivity contribution in [2.45, 2.75) is 10.8 Å². The number of hydrogen-bond acceptors (Lipinski definition) is 5. The van der Waals surface area contributed by atoms with E-state index in [1.807, 2.05) is 19.0 Å². The molecule has 0 bridgehead atoms. The van der Waals surface area contributed by atoms with E-state index in [1.165, 1.54) is 0 Å². The van der Waals surface area contributed by atoms with Crippen molar-refractivity contribution in [3.8, 4) is 0 Å². The topological polar surface area (TPSA) is 33.2 Å². The van der Waals surface area contributed by atoms with Crippen molar-refractivity contribution in [3.63, 3.8) is 0 Å². The Kier molecular flexibility index (Phi) is 7.41. The maximum atomic E-state index is 10.2. The molecule has 0 aromatic rings. The SMILES string of the molecule is CN(C)CC(O)[CH2][Ti]([N](C)C)([N](C)C)[N](C)C. The van der Waals surface area contributed by atoms with E-state index in [0.29, 0.717) is 0 Å². The van der Waals surface area contributed by atoms with Crippen LogP contribution in [0.1, 0.15) is 0 Å². The second-order valence-corrected chi connectivity index (χ2v) is 12.8. The zero-order valence-electron chi connectivity index (χ0n) is 12.7. The van der Waals surface area contributed by atoms with Crippen LogP contribution in [0.5, 0.6) is 0 Å². The molecule has 1 atom stereocenters. The molecule has 0 spiro atoms. The van der Waals surface area contributed by atoms with Gasteiger partial charge in [0, 0.05) is 0 Å². The van der Waals surface area contributed by atoms with Crippen LogP contribution in [0.4, 0.5) is 0 Å². The van der Waals surface area contributed by atoms with E-state index in [1.54, 1.807) is 0 Å². The van der Waals surface area contributed by atoms with Crippen LogP contribution in [0.25, 0.3) is 0 Å². The molecule has 0 aliphatic rings. The molecule has 1 N–H and O–H groups in total. The average Bonchev–Trinajstić information content (AvgIpc) is 2.10. The van der Waals surface area contributed by atoms with Crippen LogP contribution >= 0.6 is 0 Å². The number of aliphatic hydroxyl groups excluding tert-OH is 1. The Balaban J connectivity index is 4.92. The van der Waals surface area contributed by atoms with Gasteiger partial charge in [-0.05, 0) is 0 Å². The molecule has 0 amide bonds. The van der Waals surface area contributed by atoms with Gasteiger partial charge in [-0.3, -0.25) is 0 Å². The van der Waals surface area contributed by atoms with Gasteiger partial charge in [0.2, 0.25) is 0 Å². The van der Waals surface area contributed by atoms with Gasteiger partial charge in [0.05, 0.1) is 0 Å². The van der Waals surface area contributed by atoms with Crippen molar-refractivity contribution in [3.05, 3.63) is 0 Å². The van der Waals surface area contributed by atoms with Crippen molar-refractivity contribution in [1.82, 2.24) is 15.0 Å². The third-order valence-electron chi connectivity index (χ3n) is 3.23.